The Hall–Kier alpha value is -1.17. The molecular weight excluding hydrogens is 269 g/mol. The van der Waals surface area contributed by atoms with Gasteiger partial charge < -0.3 is 11.1 Å². The molecule has 0 unspecified atom stereocenters. The van der Waals surface area contributed by atoms with Crippen LogP contribution in [0, 0.1) is 5.82 Å². The van der Waals surface area contributed by atoms with E-state index < -0.39 is 5.82 Å². The van der Waals surface area contributed by atoms with E-state index in [2.05, 4.69) is 10.2 Å². The summed E-state index contributed by atoms with van der Waals surface area (Å²) in [5, 5.41) is 2.89. The first-order valence-corrected chi connectivity index (χ1v) is 6.65. The van der Waals surface area contributed by atoms with Gasteiger partial charge in [0.1, 0.15) is 5.82 Å². The van der Waals surface area contributed by atoms with Gasteiger partial charge in [-0.15, -0.1) is 0 Å². The number of rotatable bonds is 3. The minimum absolute atomic E-state index is 0.149. The number of nitrogens with one attached hydrogen (secondary N) is 1. The van der Waals surface area contributed by atoms with Crippen LogP contribution in [0.15, 0.2) is 18.2 Å². The number of amides is 1. The second-order valence-electron chi connectivity index (χ2n) is 4.79. The molecule has 0 aromatic heterocycles. The third-order valence-electron chi connectivity index (χ3n) is 3.20. The van der Waals surface area contributed by atoms with Crippen molar-refractivity contribution in [3.05, 3.63) is 29.0 Å². The van der Waals surface area contributed by atoms with E-state index in [1.54, 1.807) is 0 Å². The highest BCUT2D eigenvalue weighted by Crippen LogP contribution is 2.22. The van der Waals surface area contributed by atoms with Crippen LogP contribution < -0.4 is 11.1 Å². The Morgan fingerprint density at radius 1 is 1.47 bits per heavy atom. The average Bonchev–Trinajstić information content (AvgIpc) is 2.36. The number of halogens is 2. The molecule has 0 spiro atoms. The summed E-state index contributed by atoms with van der Waals surface area (Å²) < 4.78 is 12.9. The van der Waals surface area contributed by atoms with Gasteiger partial charge in [0.15, 0.2) is 0 Å². The summed E-state index contributed by atoms with van der Waals surface area (Å²) in [6, 6.07) is 4.14. The summed E-state index contributed by atoms with van der Waals surface area (Å²) >= 11 is 5.85. The fourth-order valence-corrected chi connectivity index (χ4v) is 2.31. The van der Waals surface area contributed by atoms with Gasteiger partial charge >= 0.3 is 0 Å². The molecule has 1 fully saturated rings. The summed E-state index contributed by atoms with van der Waals surface area (Å²) in [4.78, 5) is 13.9. The standard InChI is InChI=1S/C13H17ClFN3O/c14-11-7-9(15)1-2-12(11)17-13(19)8-18-5-3-10(16)4-6-18/h1-2,7,10H,3-6,8,16H2,(H,17,19). The maximum Gasteiger partial charge on any atom is 0.238 e. The highest BCUT2D eigenvalue weighted by Gasteiger charge is 2.18. The van der Waals surface area contributed by atoms with Crippen LogP contribution in [0.3, 0.4) is 0 Å². The second-order valence-corrected chi connectivity index (χ2v) is 5.19. The van der Waals surface area contributed by atoms with Gasteiger partial charge in [0.2, 0.25) is 5.91 Å². The molecule has 0 atom stereocenters. The number of carbonyl (C=O) groups is 1. The zero-order valence-corrected chi connectivity index (χ0v) is 11.3. The quantitative estimate of drug-likeness (QED) is 0.891. The molecule has 1 amide bonds. The molecule has 0 saturated carbocycles. The summed E-state index contributed by atoms with van der Waals surface area (Å²) in [5.41, 5.74) is 6.24. The monoisotopic (exact) mass is 285 g/mol. The molecule has 1 aliphatic heterocycles. The molecule has 0 radical (unpaired) electrons. The van der Waals surface area contributed by atoms with Crippen molar-refractivity contribution in [1.82, 2.24) is 4.90 Å². The van der Waals surface area contributed by atoms with Crippen molar-refractivity contribution in [2.24, 2.45) is 5.73 Å². The van der Waals surface area contributed by atoms with E-state index in [9.17, 15) is 9.18 Å². The Morgan fingerprint density at radius 3 is 2.79 bits per heavy atom. The Labute approximate surface area is 116 Å². The number of piperidine rings is 1. The smallest absolute Gasteiger partial charge is 0.238 e. The first-order chi connectivity index (χ1) is 9.04. The summed E-state index contributed by atoms with van der Waals surface area (Å²) in [6.07, 6.45) is 1.81. The van der Waals surface area contributed by atoms with E-state index in [0.717, 1.165) is 25.9 Å². The van der Waals surface area contributed by atoms with Crippen molar-refractivity contribution in [2.75, 3.05) is 25.0 Å². The van der Waals surface area contributed by atoms with E-state index in [4.69, 9.17) is 17.3 Å². The molecule has 19 heavy (non-hydrogen) atoms. The van der Waals surface area contributed by atoms with E-state index in [1.807, 2.05) is 0 Å². The lowest BCUT2D eigenvalue weighted by Crippen LogP contribution is -2.43. The second kappa shape index (κ2) is 6.32. The van der Waals surface area contributed by atoms with Crippen molar-refractivity contribution >= 4 is 23.2 Å². The molecule has 3 N–H and O–H groups in total. The zero-order chi connectivity index (χ0) is 13.8. The van der Waals surface area contributed by atoms with Crippen LogP contribution in [0.5, 0.6) is 0 Å². The Morgan fingerprint density at radius 2 is 2.16 bits per heavy atom. The molecule has 1 aromatic carbocycles. The number of hydrogen-bond donors (Lipinski definition) is 2. The van der Waals surface area contributed by atoms with Crippen LogP contribution in [0.2, 0.25) is 5.02 Å². The van der Waals surface area contributed by atoms with Gasteiger partial charge in [0.05, 0.1) is 17.3 Å². The van der Waals surface area contributed by atoms with E-state index >= 15 is 0 Å². The average molecular weight is 286 g/mol. The first kappa shape index (κ1) is 14.2. The normalized spacial score (nSPS) is 17.4. The summed E-state index contributed by atoms with van der Waals surface area (Å²) in [5.74, 6) is -0.572. The van der Waals surface area contributed by atoms with Crippen LogP contribution in [0.1, 0.15) is 12.8 Å². The third-order valence-corrected chi connectivity index (χ3v) is 3.52. The molecule has 0 aliphatic carbocycles. The molecule has 104 valence electrons. The van der Waals surface area contributed by atoms with Crippen LogP contribution in [0.4, 0.5) is 10.1 Å². The predicted octanol–water partition coefficient (Wildman–Crippen LogP) is 1.84. The summed E-state index contributed by atoms with van der Waals surface area (Å²) in [7, 11) is 0. The topological polar surface area (TPSA) is 58.4 Å². The van der Waals surface area contributed by atoms with Crippen molar-refractivity contribution in [3.63, 3.8) is 0 Å². The van der Waals surface area contributed by atoms with Gasteiger partial charge in [-0.05, 0) is 31.0 Å². The molecule has 6 heteroatoms. The third kappa shape index (κ3) is 4.16. The number of nitrogens with zero attached hydrogens (tertiary/aromatic N) is 1. The van der Waals surface area contributed by atoms with Gasteiger partial charge in [0, 0.05) is 19.1 Å². The largest absolute Gasteiger partial charge is 0.328 e. The van der Waals surface area contributed by atoms with Crippen molar-refractivity contribution < 1.29 is 9.18 Å². The Kier molecular flexibility index (Phi) is 4.74. The first-order valence-electron chi connectivity index (χ1n) is 6.27. The van der Waals surface area contributed by atoms with Crippen LogP contribution in [-0.2, 0) is 4.79 Å². The number of likely N-dealkylation sites (tertiary alicyclic amines) is 1. The van der Waals surface area contributed by atoms with E-state index in [-0.39, 0.29) is 17.0 Å². The lowest BCUT2D eigenvalue weighted by atomic mass is 10.1. The van der Waals surface area contributed by atoms with Gasteiger partial charge in [-0.1, -0.05) is 11.6 Å². The highest BCUT2D eigenvalue weighted by molar-refractivity contribution is 6.33. The minimum Gasteiger partial charge on any atom is -0.328 e. The highest BCUT2D eigenvalue weighted by atomic mass is 35.5. The molecule has 1 aromatic rings. The minimum atomic E-state index is -0.423. The number of carbonyl (C=O) groups excluding carboxylic acids is 1. The number of anilines is 1. The van der Waals surface area contributed by atoms with Crippen molar-refractivity contribution in [1.29, 1.82) is 0 Å². The maximum atomic E-state index is 12.9. The molecule has 1 saturated heterocycles. The molecule has 0 bridgehead atoms. The van der Waals surface area contributed by atoms with Crippen LogP contribution in [0.25, 0.3) is 0 Å². The van der Waals surface area contributed by atoms with Gasteiger partial charge in [0.25, 0.3) is 0 Å². The molecule has 4 nitrogen and oxygen atoms in total. The van der Waals surface area contributed by atoms with E-state index in [1.165, 1.54) is 18.2 Å². The number of hydrogen-bond acceptors (Lipinski definition) is 3. The molecular formula is C13H17ClFN3O. The van der Waals surface area contributed by atoms with Crippen LogP contribution >= 0.6 is 11.6 Å². The van der Waals surface area contributed by atoms with Gasteiger partial charge in [-0.3, -0.25) is 9.69 Å². The van der Waals surface area contributed by atoms with Gasteiger partial charge in [-0.2, -0.15) is 0 Å². The SMILES string of the molecule is NC1CCN(CC(=O)Nc2ccc(F)cc2Cl)CC1. The zero-order valence-electron chi connectivity index (χ0n) is 10.5. The van der Waals surface area contributed by atoms with Crippen molar-refractivity contribution in [2.45, 2.75) is 18.9 Å². The number of nitrogens with two attached hydrogens (primary N) is 1. The maximum absolute atomic E-state index is 12.9. The fraction of sp³-hybridized carbons (Fsp3) is 0.462. The van der Waals surface area contributed by atoms with Crippen molar-refractivity contribution in [3.8, 4) is 0 Å². The lowest BCUT2D eigenvalue weighted by molar-refractivity contribution is -0.117. The van der Waals surface area contributed by atoms with Crippen LogP contribution in [-0.4, -0.2) is 36.5 Å². The molecule has 1 aliphatic rings. The lowest BCUT2D eigenvalue weighted by Gasteiger charge is -2.29. The van der Waals surface area contributed by atoms with E-state index in [0.29, 0.717) is 12.2 Å². The molecule has 2 rings (SSSR count). The molecule has 1 heterocycles. The number of benzene rings is 1. The summed E-state index contributed by atoms with van der Waals surface area (Å²) in [6.45, 7) is 1.96. The predicted molar refractivity (Wildman–Crippen MR) is 73.7 cm³/mol. The fourth-order valence-electron chi connectivity index (χ4n) is 2.09. The Balaban J connectivity index is 1.87. The van der Waals surface area contributed by atoms with Gasteiger partial charge in [-0.25, -0.2) is 4.39 Å². The Bertz CT molecular complexity index is 461.